The van der Waals surface area contributed by atoms with Gasteiger partial charge in [0.15, 0.2) is 6.29 Å². The second-order valence-electron chi connectivity index (χ2n) is 6.71. The van der Waals surface area contributed by atoms with Crippen molar-refractivity contribution in [3.8, 4) is 0 Å². The highest BCUT2D eigenvalue weighted by Crippen LogP contribution is 2.33. The summed E-state index contributed by atoms with van der Waals surface area (Å²) in [5.74, 6) is 0.734. The first kappa shape index (κ1) is 18.2. The molecule has 0 bridgehead atoms. The van der Waals surface area contributed by atoms with Crippen LogP contribution in [0.4, 0.5) is 0 Å². The molecule has 1 aliphatic rings. The molecule has 21 heavy (non-hydrogen) atoms. The lowest BCUT2D eigenvalue weighted by Crippen LogP contribution is -2.24. The Morgan fingerprint density at radius 1 is 1.38 bits per heavy atom. The van der Waals surface area contributed by atoms with Crippen LogP contribution in [0.1, 0.15) is 60.3 Å². The molecule has 3 heteroatoms. The maximum absolute atomic E-state index is 5.95. The van der Waals surface area contributed by atoms with E-state index in [1.807, 2.05) is 6.92 Å². The Bertz CT molecular complexity index is 346. The van der Waals surface area contributed by atoms with Gasteiger partial charge in [-0.05, 0) is 44.1 Å². The highest BCUT2D eigenvalue weighted by molar-refractivity contribution is 5.29. The number of allylic oxidation sites excluding steroid dienone is 1. The fraction of sp³-hybridized carbons (Fsp3) is 0.778. The third-order valence-electron chi connectivity index (χ3n) is 3.63. The van der Waals surface area contributed by atoms with E-state index in [2.05, 4.69) is 40.3 Å². The van der Waals surface area contributed by atoms with E-state index >= 15 is 0 Å². The molecule has 3 nitrogen and oxygen atoms in total. The van der Waals surface area contributed by atoms with Gasteiger partial charge >= 0.3 is 0 Å². The zero-order valence-electron chi connectivity index (χ0n) is 14.4. The van der Waals surface area contributed by atoms with Gasteiger partial charge < -0.3 is 14.2 Å². The van der Waals surface area contributed by atoms with Crippen molar-refractivity contribution in [2.24, 2.45) is 5.41 Å². The van der Waals surface area contributed by atoms with Gasteiger partial charge in [-0.3, -0.25) is 0 Å². The van der Waals surface area contributed by atoms with E-state index in [1.165, 1.54) is 0 Å². The van der Waals surface area contributed by atoms with Crippen LogP contribution in [0.3, 0.4) is 0 Å². The van der Waals surface area contributed by atoms with Crippen molar-refractivity contribution in [1.82, 2.24) is 0 Å². The lowest BCUT2D eigenvalue weighted by atomic mass is 9.84. The predicted octanol–water partition coefficient (Wildman–Crippen LogP) is 4.83. The molecular weight excluding hydrogens is 264 g/mol. The summed E-state index contributed by atoms with van der Waals surface area (Å²) in [5.41, 5.74) is 1.14. The van der Waals surface area contributed by atoms with Crippen molar-refractivity contribution >= 4 is 0 Å². The van der Waals surface area contributed by atoms with Crippen molar-refractivity contribution in [2.75, 3.05) is 13.2 Å². The first-order valence-corrected chi connectivity index (χ1v) is 8.14. The topological polar surface area (TPSA) is 27.7 Å². The zero-order valence-corrected chi connectivity index (χ0v) is 14.4. The van der Waals surface area contributed by atoms with Crippen molar-refractivity contribution in [3.63, 3.8) is 0 Å². The number of rotatable bonds is 7. The first-order valence-electron chi connectivity index (χ1n) is 8.14. The highest BCUT2D eigenvalue weighted by atomic mass is 16.7. The van der Waals surface area contributed by atoms with E-state index in [-0.39, 0.29) is 17.8 Å². The van der Waals surface area contributed by atoms with Crippen molar-refractivity contribution < 1.29 is 14.2 Å². The Hall–Kier alpha value is -0.800. The van der Waals surface area contributed by atoms with Crippen LogP contribution in [-0.2, 0) is 14.2 Å². The monoisotopic (exact) mass is 296 g/mol. The Morgan fingerprint density at radius 2 is 2.10 bits per heavy atom. The van der Waals surface area contributed by atoms with E-state index in [4.69, 9.17) is 14.2 Å². The number of hydrogen-bond acceptors (Lipinski definition) is 3. The van der Waals surface area contributed by atoms with Crippen LogP contribution in [0.5, 0.6) is 0 Å². The average Bonchev–Trinajstić information content (AvgIpc) is 2.38. The second-order valence-corrected chi connectivity index (χ2v) is 6.71. The maximum atomic E-state index is 5.95. The largest absolute Gasteiger partial charge is 0.465 e. The van der Waals surface area contributed by atoms with Gasteiger partial charge in [0.05, 0.1) is 12.7 Å². The van der Waals surface area contributed by atoms with Gasteiger partial charge in [0.2, 0.25) is 0 Å². The first-order chi connectivity index (χ1) is 9.84. The smallest absolute Gasteiger partial charge is 0.199 e. The molecule has 0 aliphatic carbocycles. The maximum Gasteiger partial charge on any atom is 0.199 e. The molecule has 1 heterocycles. The minimum Gasteiger partial charge on any atom is -0.465 e. The molecular formula is C18H32O3. The van der Waals surface area contributed by atoms with Crippen molar-refractivity contribution in [1.29, 1.82) is 0 Å². The lowest BCUT2D eigenvalue weighted by molar-refractivity contribution is -0.137. The Morgan fingerprint density at radius 3 is 2.62 bits per heavy atom. The Balaban J connectivity index is 2.67. The Kier molecular flexibility index (Phi) is 7.47. The minimum atomic E-state index is -0.138. The molecule has 0 aromatic rings. The lowest BCUT2D eigenvalue weighted by Gasteiger charge is -2.30. The molecule has 0 radical (unpaired) electrons. The molecule has 2 unspecified atom stereocenters. The summed E-state index contributed by atoms with van der Waals surface area (Å²) >= 11 is 0. The van der Waals surface area contributed by atoms with Crippen LogP contribution in [0.25, 0.3) is 0 Å². The molecule has 122 valence electrons. The summed E-state index contributed by atoms with van der Waals surface area (Å²) in [4.78, 5) is 0. The Labute approximate surface area is 130 Å². The molecule has 0 aromatic heterocycles. The van der Waals surface area contributed by atoms with Crippen molar-refractivity contribution in [2.45, 2.75) is 72.7 Å². The summed E-state index contributed by atoms with van der Waals surface area (Å²) in [5, 5.41) is 0. The van der Waals surface area contributed by atoms with E-state index in [1.54, 1.807) is 0 Å². The average molecular weight is 296 g/mol. The van der Waals surface area contributed by atoms with Gasteiger partial charge in [0, 0.05) is 13.0 Å². The number of hydrogen-bond donors (Lipinski definition) is 0. The number of ether oxygens (including phenoxy) is 3. The van der Waals surface area contributed by atoms with Gasteiger partial charge in [0.1, 0.15) is 5.76 Å². The van der Waals surface area contributed by atoms with Gasteiger partial charge in [-0.2, -0.15) is 0 Å². The predicted molar refractivity (Wildman–Crippen MR) is 87.1 cm³/mol. The summed E-state index contributed by atoms with van der Waals surface area (Å²) in [6.45, 7) is 16.3. The molecule has 1 aliphatic heterocycles. The van der Waals surface area contributed by atoms with Gasteiger partial charge in [-0.1, -0.05) is 33.4 Å². The van der Waals surface area contributed by atoms with Crippen LogP contribution in [0.15, 0.2) is 24.0 Å². The van der Waals surface area contributed by atoms with E-state index in [9.17, 15) is 0 Å². The third kappa shape index (κ3) is 6.66. The molecule has 0 aromatic carbocycles. The van der Waals surface area contributed by atoms with E-state index in [0.29, 0.717) is 0 Å². The van der Waals surface area contributed by atoms with Gasteiger partial charge in [-0.15, -0.1) is 0 Å². The van der Waals surface area contributed by atoms with Gasteiger partial charge in [-0.25, -0.2) is 0 Å². The highest BCUT2D eigenvalue weighted by Gasteiger charge is 2.24. The molecule has 1 fully saturated rings. The van der Waals surface area contributed by atoms with Crippen molar-refractivity contribution in [3.05, 3.63) is 24.0 Å². The molecule has 0 spiro atoms. The van der Waals surface area contributed by atoms with Crippen LogP contribution in [0, 0.1) is 5.41 Å². The minimum absolute atomic E-state index is 0.00230. The third-order valence-corrected chi connectivity index (χ3v) is 3.63. The second kappa shape index (κ2) is 8.60. The van der Waals surface area contributed by atoms with E-state index < -0.39 is 0 Å². The van der Waals surface area contributed by atoms with Crippen LogP contribution in [-0.4, -0.2) is 25.6 Å². The molecule has 0 saturated carbocycles. The molecule has 2 atom stereocenters. The zero-order chi connectivity index (χ0) is 15.9. The summed E-state index contributed by atoms with van der Waals surface area (Å²) < 4.78 is 17.2. The normalized spacial score (nSPS) is 22.0. The van der Waals surface area contributed by atoms with Crippen LogP contribution in [0.2, 0.25) is 0 Å². The summed E-state index contributed by atoms with van der Waals surface area (Å²) in [6.07, 6.45) is 6.38. The quantitative estimate of drug-likeness (QED) is 0.497. The van der Waals surface area contributed by atoms with E-state index in [0.717, 1.165) is 50.2 Å². The molecule has 0 N–H and O–H groups in total. The van der Waals surface area contributed by atoms with Crippen LogP contribution < -0.4 is 0 Å². The summed E-state index contributed by atoms with van der Waals surface area (Å²) in [6, 6.07) is 0. The fourth-order valence-corrected chi connectivity index (χ4v) is 2.50. The summed E-state index contributed by atoms with van der Waals surface area (Å²) in [7, 11) is 0. The molecule has 1 rings (SSSR count). The molecule has 1 saturated heterocycles. The standard InChI is InChI=1S/C18H32O3/c1-7-19-14(2)11-12-16(18(4,5)6)15(3)21-17-10-8-9-13-20-17/h12,14,17H,3,7-11,13H2,1-2,4-6H3/b16-12+. The molecule has 0 amide bonds. The fourth-order valence-electron chi connectivity index (χ4n) is 2.50. The van der Waals surface area contributed by atoms with Gasteiger partial charge in [0.25, 0.3) is 0 Å². The SMILES string of the molecule is C=C(OC1CCCCO1)/C(=C\CC(C)OCC)C(C)(C)C. The van der Waals surface area contributed by atoms with Crippen LogP contribution >= 0.6 is 0 Å².